The van der Waals surface area contributed by atoms with E-state index in [1.165, 1.54) is 33.4 Å². The normalized spacial score (nSPS) is 13.6. The predicted molar refractivity (Wildman–Crippen MR) is 270 cm³/mol. The topological polar surface area (TPSA) is 65.0 Å². The third kappa shape index (κ3) is 6.27. The molecule has 0 saturated carbocycles. The summed E-state index contributed by atoms with van der Waals surface area (Å²) in [7, 11) is 0. The van der Waals surface area contributed by atoms with E-state index in [4.69, 9.17) is 23.8 Å². The summed E-state index contributed by atoms with van der Waals surface area (Å²) in [6.07, 6.45) is 3.83. The Morgan fingerprint density at radius 1 is 0.485 bits per heavy atom. The third-order valence-corrected chi connectivity index (χ3v) is 13.4. The molecule has 12 rings (SSSR count). The fourth-order valence-electron chi connectivity index (χ4n) is 10.1. The molecule has 3 aromatic heterocycles. The first-order valence-corrected chi connectivity index (χ1v) is 22.4. The van der Waals surface area contributed by atoms with Gasteiger partial charge >= 0.3 is 0 Å². The Hall–Kier alpha value is -8.41. The van der Waals surface area contributed by atoms with Gasteiger partial charge in [0.25, 0.3) is 0 Å². The molecule has 0 bridgehead atoms. The molecule has 3 heterocycles. The highest BCUT2D eigenvalue weighted by Gasteiger charge is 2.36. The van der Waals surface area contributed by atoms with Crippen LogP contribution >= 0.6 is 0 Å². The molecule has 5 nitrogen and oxygen atoms in total. The minimum absolute atomic E-state index is 0.0585. The van der Waals surface area contributed by atoms with Gasteiger partial charge < -0.3 is 8.83 Å². The lowest BCUT2D eigenvalue weighted by Gasteiger charge is -2.21. The molecule has 0 radical (unpaired) electrons. The van der Waals surface area contributed by atoms with Gasteiger partial charge in [-0.15, -0.1) is 0 Å². The Labute approximate surface area is 382 Å². The molecule has 0 spiro atoms. The summed E-state index contributed by atoms with van der Waals surface area (Å²) in [6, 6.07) is 63.8. The second-order valence-corrected chi connectivity index (χ2v) is 17.5. The second-order valence-electron chi connectivity index (χ2n) is 17.5. The van der Waals surface area contributed by atoms with Crippen LogP contribution in [0.4, 0.5) is 0 Å². The van der Waals surface area contributed by atoms with Crippen LogP contribution in [-0.4, -0.2) is 15.0 Å². The van der Waals surface area contributed by atoms with E-state index in [2.05, 4.69) is 166 Å². The van der Waals surface area contributed by atoms with Crippen LogP contribution in [0.1, 0.15) is 37.7 Å². The average molecular weight is 850 g/mol. The lowest BCUT2D eigenvalue weighted by atomic mass is 9.82. The number of furan rings is 2. The summed E-state index contributed by atoms with van der Waals surface area (Å²) in [4.78, 5) is 15.7. The van der Waals surface area contributed by atoms with Crippen molar-refractivity contribution in [3.05, 3.63) is 222 Å². The van der Waals surface area contributed by atoms with Gasteiger partial charge in [0.05, 0.1) is 0 Å². The van der Waals surface area contributed by atoms with E-state index in [-0.39, 0.29) is 5.41 Å². The van der Waals surface area contributed by atoms with E-state index < -0.39 is 0 Å². The van der Waals surface area contributed by atoms with E-state index in [9.17, 15) is 0 Å². The van der Waals surface area contributed by atoms with E-state index in [1.807, 2.05) is 55.5 Å². The number of aromatic nitrogens is 3. The molecule has 11 aromatic rings. The van der Waals surface area contributed by atoms with Crippen molar-refractivity contribution in [1.29, 1.82) is 0 Å². The third-order valence-electron chi connectivity index (χ3n) is 13.4. The van der Waals surface area contributed by atoms with E-state index in [0.717, 1.165) is 77.1 Å². The van der Waals surface area contributed by atoms with Crippen molar-refractivity contribution in [2.75, 3.05) is 0 Å². The van der Waals surface area contributed by atoms with Gasteiger partial charge in [0, 0.05) is 43.5 Å². The van der Waals surface area contributed by atoms with Crippen LogP contribution in [0.2, 0.25) is 0 Å². The van der Waals surface area contributed by atoms with Gasteiger partial charge in [-0.1, -0.05) is 184 Å². The Balaban J connectivity index is 1.02. The Kier molecular flexibility index (Phi) is 9.14. The van der Waals surface area contributed by atoms with Gasteiger partial charge in [-0.25, -0.2) is 15.0 Å². The minimum Gasteiger partial charge on any atom is -0.456 e. The van der Waals surface area contributed by atoms with E-state index in [0.29, 0.717) is 22.9 Å². The summed E-state index contributed by atoms with van der Waals surface area (Å²) < 4.78 is 12.9. The number of allylic oxidation sites excluding steroid dienone is 1. The van der Waals surface area contributed by atoms with Crippen LogP contribution in [0.25, 0.3) is 112 Å². The van der Waals surface area contributed by atoms with E-state index in [1.54, 1.807) is 0 Å². The van der Waals surface area contributed by atoms with Crippen LogP contribution in [0.3, 0.4) is 0 Å². The zero-order valence-electron chi connectivity index (χ0n) is 36.8. The van der Waals surface area contributed by atoms with Gasteiger partial charge in [0.2, 0.25) is 0 Å². The fraction of sp³-hybridized carbons (Fsp3) is 0.0656. The zero-order valence-corrected chi connectivity index (χ0v) is 36.8. The van der Waals surface area contributed by atoms with Gasteiger partial charge in [0.15, 0.2) is 17.5 Å². The Bertz CT molecular complexity index is 3860. The molecule has 1 aliphatic carbocycles. The lowest BCUT2D eigenvalue weighted by Crippen LogP contribution is -2.24. The molecule has 0 aliphatic heterocycles. The standard InChI is InChI=1S/C61H43N3O2/c1-5-43(59-62-58(41-32-28-38(29-33-41)37-16-8-7-9-17-37)63-60(64-59)47-21-15-25-54-57(47)46-19-11-13-24-52(46)66-54)56-48-36-42(34-35-53(48)65-51(56)6-2)39-26-30-40(31-27-39)44-20-14-23-50-55(44)45-18-10-12-22-49(45)61(50,3)4/h5-36H,1H2,2-4H3/b51-6+,56-43+. The van der Waals surface area contributed by atoms with Crippen LogP contribution < -0.4 is 10.6 Å². The fourth-order valence-corrected chi connectivity index (χ4v) is 10.1. The molecule has 66 heavy (non-hydrogen) atoms. The predicted octanol–water partition coefficient (Wildman–Crippen LogP) is 14.3. The summed E-state index contributed by atoms with van der Waals surface area (Å²) >= 11 is 0. The summed E-state index contributed by atoms with van der Waals surface area (Å²) in [5, 5.41) is 3.76. The maximum Gasteiger partial charge on any atom is 0.164 e. The summed E-state index contributed by atoms with van der Waals surface area (Å²) in [6.45, 7) is 11.0. The van der Waals surface area contributed by atoms with Crippen molar-refractivity contribution in [2.45, 2.75) is 26.2 Å². The first kappa shape index (κ1) is 39.2. The number of fused-ring (bicyclic) bond motifs is 7. The van der Waals surface area contributed by atoms with Crippen LogP contribution in [0.15, 0.2) is 203 Å². The molecule has 0 amide bonds. The molecule has 314 valence electrons. The van der Waals surface area contributed by atoms with Crippen molar-refractivity contribution >= 4 is 44.6 Å². The summed E-state index contributed by atoms with van der Waals surface area (Å²) in [5.74, 6) is 1.57. The maximum absolute atomic E-state index is 6.58. The second kappa shape index (κ2) is 15.4. The highest BCUT2D eigenvalue weighted by atomic mass is 16.3. The number of para-hydroxylation sites is 1. The highest BCUT2D eigenvalue weighted by molar-refractivity contribution is 6.11. The number of hydrogen-bond donors (Lipinski definition) is 0. The van der Waals surface area contributed by atoms with E-state index >= 15 is 0 Å². The van der Waals surface area contributed by atoms with Crippen molar-refractivity contribution in [3.8, 4) is 67.3 Å². The molecule has 1 aliphatic rings. The van der Waals surface area contributed by atoms with Crippen molar-refractivity contribution in [2.24, 2.45) is 0 Å². The summed E-state index contributed by atoms with van der Waals surface area (Å²) in [5.41, 5.74) is 17.7. The molecule has 8 aromatic carbocycles. The van der Waals surface area contributed by atoms with Crippen molar-refractivity contribution in [3.63, 3.8) is 0 Å². The molecule has 5 heteroatoms. The van der Waals surface area contributed by atoms with Crippen LogP contribution in [0, 0.1) is 0 Å². The molecule has 0 unspecified atom stereocenters. The molecule has 0 fully saturated rings. The highest BCUT2D eigenvalue weighted by Crippen LogP contribution is 2.52. The Morgan fingerprint density at radius 2 is 1.08 bits per heavy atom. The monoisotopic (exact) mass is 849 g/mol. The number of rotatable bonds is 7. The Morgan fingerprint density at radius 3 is 1.88 bits per heavy atom. The first-order valence-electron chi connectivity index (χ1n) is 22.4. The van der Waals surface area contributed by atoms with Crippen molar-refractivity contribution in [1.82, 2.24) is 15.0 Å². The zero-order chi connectivity index (χ0) is 44.5. The molecule has 0 saturated heterocycles. The van der Waals surface area contributed by atoms with Gasteiger partial charge in [-0.05, 0) is 92.9 Å². The number of hydrogen-bond acceptors (Lipinski definition) is 5. The number of benzene rings is 8. The lowest BCUT2D eigenvalue weighted by molar-refractivity contribution is 0.574. The smallest absolute Gasteiger partial charge is 0.164 e. The van der Waals surface area contributed by atoms with Gasteiger partial charge in [0.1, 0.15) is 22.2 Å². The van der Waals surface area contributed by atoms with Gasteiger partial charge in [-0.3, -0.25) is 0 Å². The molecule has 0 atom stereocenters. The number of nitrogens with zero attached hydrogens (tertiary/aromatic N) is 3. The largest absolute Gasteiger partial charge is 0.456 e. The quantitative estimate of drug-likeness (QED) is 0.160. The molecule has 0 N–H and O–H groups in total. The first-order chi connectivity index (χ1) is 32.4. The SMILES string of the molecule is C=C/C(c1nc(-c2ccc(-c3ccccc3)cc2)nc(-c2cccc3oc4ccccc4c23)n1)=c1\c(=C/C)oc2ccc(-c3ccc(-c4cccc5c4-c4ccccc4C5(C)C)cc3)cc12. The maximum atomic E-state index is 6.58. The minimum atomic E-state index is -0.0585. The average Bonchev–Trinajstić information content (AvgIpc) is 4.02. The van der Waals surface area contributed by atoms with Crippen LogP contribution in [0.5, 0.6) is 0 Å². The molecular formula is C61H43N3O2. The molecular weight excluding hydrogens is 807 g/mol. The van der Waals surface area contributed by atoms with Crippen molar-refractivity contribution < 1.29 is 8.83 Å². The van der Waals surface area contributed by atoms with Gasteiger partial charge in [-0.2, -0.15) is 0 Å². The van der Waals surface area contributed by atoms with Crippen LogP contribution in [-0.2, 0) is 5.41 Å².